The molecule has 0 saturated carbocycles. The molecule has 86 valence electrons. The predicted molar refractivity (Wildman–Crippen MR) is 68.7 cm³/mol. The molecule has 0 atom stereocenters. The monoisotopic (exact) mass is 248 g/mol. The molecule has 0 bridgehead atoms. The molecule has 0 fully saturated rings. The molecule has 2 nitrogen and oxygen atoms in total. The summed E-state index contributed by atoms with van der Waals surface area (Å²) in [6.45, 7) is 5.72. The van der Waals surface area contributed by atoms with Crippen LogP contribution in [0.3, 0.4) is 0 Å². The first-order chi connectivity index (χ1) is 6.76. The summed E-state index contributed by atoms with van der Waals surface area (Å²) < 4.78 is 0. The topological polar surface area (TPSA) is 29.3 Å². The van der Waals surface area contributed by atoms with Gasteiger partial charge in [0.15, 0.2) is 0 Å². The molecule has 0 aliphatic carbocycles. The highest BCUT2D eigenvalue weighted by Gasteiger charge is 2.02. The fraction of sp³-hybridized carbons (Fsp3) is 0.455. The Labute approximate surface area is 103 Å². The van der Waals surface area contributed by atoms with Crippen molar-refractivity contribution >= 4 is 24.0 Å². The maximum absolute atomic E-state index is 5.91. The van der Waals surface area contributed by atoms with Crippen LogP contribution in [0.5, 0.6) is 0 Å². The Bertz CT molecular complexity index is 279. The van der Waals surface area contributed by atoms with Crippen molar-refractivity contribution in [3.8, 4) is 0 Å². The molecule has 0 saturated heterocycles. The molecule has 0 radical (unpaired) electrons. The number of benzene rings is 1. The zero-order valence-corrected chi connectivity index (χ0v) is 10.5. The van der Waals surface area contributed by atoms with Crippen molar-refractivity contribution < 1.29 is 0 Å². The lowest BCUT2D eigenvalue weighted by Crippen LogP contribution is -2.28. The van der Waals surface area contributed by atoms with Gasteiger partial charge in [0.25, 0.3) is 0 Å². The van der Waals surface area contributed by atoms with Crippen molar-refractivity contribution in [3.63, 3.8) is 0 Å². The number of rotatable bonds is 5. The van der Waals surface area contributed by atoms with Crippen LogP contribution in [0, 0.1) is 0 Å². The van der Waals surface area contributed by atoms with Gasteiger partial charge in [-0.15, -0.1) is 12.4 Å². The second-order valence-corrected chi connectivity index (χ2v) is 3.72. The molecule has 1 aromatic rings. The number of hydrogen-bond donors (Lipinski definition) is 1. The fourth-order valence-corrected chi connectivity index (χ4v) is 1.64. The van der Waals surface area contributed by atoms with Crippen molar-refractivity contribution in [1.29, 1.82) is 0 Å². The van der Waals surface area contributed by atoms with Crippen molar-refractivity contribution in [3.05, 3.63) is 34.9 Å². The van der Waals surface area contributed by atoms with E-state index < -0.39 is 0 Å². The zero-order valence-electron chi connectivity index (χ0n) is 8.95. The maximum Gasteiger partial charge on any atom is 0.0409 e. The first-order valence-electron chi connectivity index (χ1n) is 4.93. The third kappa shape index (κ3) is 5.38. The van der Waals surface area contributed by atoms with Gasteiger partial charge in [0.1, 0.15) is 0 Å². The molecular formula is C11H18Cl2N2. The first-order valence-corrected chi connectivity index (χ1v) is 5.31. The average Bonchev–Trinajstić information content (AvgIpc) is 2.17. The van der Waals surface area contributed by atoms with Gasteiger partial charge in [0.2, 0.25) is 0 Å². The summed E-state index contributed by atoms with van der Waals surface area (Å²) in [5.74, 6) is 0. The van der Waals surface area contributed by atoms with E-state index in [4.69, 9.17) is 17.3 Å². The van der Waals surface area contributed by atoms with Gasteiger partial charge >= 0.3 is 0 Å². The van der Waals surface area contributed by atoms with E-state index in [1.165, 1.54) is 5.56 Å². The minimum atomic E-state index is 0. The molecule has 0 amide bonds. The van der Waals surface area contributed by atoms with Crippen molar-refractivity contribution in [2.24, 2.45) is 5.73 Å². The summed E-state index contributed by atoms with van der Waals surface area (Å²) in [6.07, 6.45) is 0. The Morgan fingerprint density at radius 3 is 2.67 bits per heavy atom. The van der Waals surface area contributed by atoms with Crippen LogP contribution < -0.4 is 5.73 Å². The number of likely N-dealkylation sites (N-methyl/N-ethyl adjacent to an activating group) is 1. The van der Waals surface area contributed by atoms with E-state index in [0.29, 0.717) is 6.54 Å². The summed E-state index contributed by atoms with van der Waals surface area (Å²) in [6, 6.07) is 7.96. The highest BCUT2D eigenvalue weighted by Crippen LogP contribution is 2.12. The van der Waals surface area contributed by atoms with Crippen molar-refractivity contribution in [2.45, 2.75) is 13.5 Å². The van der Waals surface area contributed by atoms with Gasteiger partial charge in [0.05, 0.1) is 0 Å². The van der Waals surface area contributed by atoms with Gasteiger partial charge in [-0.1, -0.05) is 30.7 Å². The van der Waals surface area contributed by atoms with E-state index in [2.05, 4.69) is 17.9 Å². The van der Waals surface area contributed by atoms with E-state index in [1.807, 2.05) is 18.2 Å². The molecule has 0 aliphatic heterocycles. The third-order valence-corrected chi connectivity index (χ3v) is 2.42. The quantitative estimate of drug-likeness (QED) is 0.868. The molecule has 1 rings (SSSR count). The fourth-order valence-electron chi connectivity index (χ4n) is 1.43. The smallest absolute Gasteiger partial charge is 0.0409 e. The van der Waals surface area contributed by atoms with Crippen LogP contribution in [0.4, 0.5) is 0 Å². The second kappa shape index (κ2) is 7.94. The molecule has 15 heavy (non-hydrogen) atoms. The summed E-state index contributed by atoms with van der Waals surface area (Å²) >= 11 is 5.91. The molecule has 0 heterocycles. The van der Waals surface area contributed by atoms with Crippen LogP contribution in [0.2, 0.25) is 5.02 Å². The van der Waals surface area contributed by atoms with E-state index in [-0.39, 0.29) is 12.4 Å². The molecule has 0 unspecified atom stereocenters. The van der Waals surface area contributed by atoms with E-state index >= 15 is 0 Å². The molecule has 2 N–H and O–H groups in total. The lowest BCUT2D eigenvalue weighted by molar-refractivity contribution is 0.288. The lowest BCUT2D eigenvalue weighted by Gasteiger charge is -2.19. The zero-order chi connectivity index (χ0) is 10.4. The molecular weight excluding hydrogens is 231 g/mol. The van der Waals surface area contributed by atoms with Crippen LogP contribution in [-0.4, -0.2) is 24.5 Å². The summed E-state index contributed by atoms with van der Waals surface area (Å²) in [5, 5.41) is 0.798. The van der Waals surface area contributed by atoms with Crippen molar-refractivity contribution in [2.75, 3.05) is 19.6 Å². The van der Waals surface area contributed by atoms with E-state index in [9.17, 15) is 0 Å². The van der Waals surface area contributed by atoms with E-state index in [1.54, 1.807) is 0 Å². The van der Waals surface area contributed by atoms with Gasteiger partial charge < -0.3 is 5.73 Å². The average molecular weight is 249 g/mol. The first kappa shape index (κ1) is 14.7. The number of nitrogens with two attached hydrogens (primary N) is 1. The summed E-state index contributed by atoms with van der Waals surface area (Å²) in [7, 11) is 0. The normalized spacial score (nSPS) is 10.1. The molecule has 1 aromatic carbocycles. The predicted octanol–water partition coefficient (Wildman–Crippen LogP) is 2.54. The molecule has 0 spiro atoms. The maximum atomic E-state index is 5.91. The van der Waals surface area contributed by atoms with E-state index in [0.717, 1.165) is 24.7 Å². The molecule has 0 aliphatic rings. The molecule has 4 heteroatoms. The summed E-state index contributed by atoms with van der Waals surface area (Å²) in [5.41, 5.74) is 6.76. The van der Waals surface area contributed by atoms with Crippen LogP contribution in [-0.2, 0) is 6.54 Å². The van der Waals surface area contributed by atoms with Gasteiger partial charge in [-0.25, -0.2) is 0 Å². The van der Waals surface area contributed by atoms with Gasteiger partial charge in [-0.3, -0.25) is 4.90 Å². The number of nitrogens with zero attached hydrogens (tertiary/aromatic N) is 1. The van der Waals surface area contributed by atoms with Gasteiger partial charge in [0, 0.05) is 24.7 Å². The highest BCUT2D eigenvalue weighted by molar-refractivity contribution is 6.30. The van der Waals surface area contributed by atoms with Gasteiger partial charge in [-0.05, 0) is 24.2 Å². The summed E-state index contributed by atoms with van der Waals surface area (Å²) in [4.78, 5) is 2.30. The SMILES string of the molecule is CCN(CCN)Cc1cccc(Cl)c1.Cl. The second-order valence-electron chi connectivity index (χ2n) is 3.29. The van der Waals surface area contributed by atoms with Crippen LogP contribution in [0.15, 0.2) is 24.3 Å². The standard InChI is InChI=1S/C11H17ClN2.ClH/c1-2-14(7-6-13)9-10-4-3-5-11(12)8-10;/h3-5,8H,2,6-7,9,13H2,1H3;1H. The Balaban J connectivity index is 0.00000196. The Kier molecular flexibility index (Phi) is 7.79. The Morgan fingerprint density at radius 2 is 2.13 bits per heavy atom. The van der Waals surface area contributed by atoms with Gasteiger partial charge in [-0.2, -0.15) is 0 Å². The van der Waals surface area contributed by atoms with Crippen LogP contribution in [0.25, 0.3) is 0 Å². The highest BCUT2D eigenvalue weighted by atomic mass is 35.5. The van der Waals surface area contributed by atoms with Crippen molar-refractivity contribution in [1.82, 2.24) is 4.90 Å². The van der Waals surface area contributed by atoms with Crippen LogP contribution in [0.1, 0.15) is 12.5 Å². The minimum Gasteiger partial charge on any atom is -0.329 e. The Hall–Kier alpha value is -0.280. The largest absolute Gasteiger partial charge is 0.329 e. The third-order valence-electron chi connectivity index (χ3n) is 2.19. The molecule has 0 aromatic heterocycles. The van der Waals surface area contributed by atoms with Crippen LogP contribution >= 0.6 is 24.0 Å². The number of hydrogen-bond acceptors (Lipinski definition) is 2. The number of halogens is 2. The lowest BCUT2D eigenvalue weighted by atomic mass is 10.2. The Morgan fingerprint density at radius 1 is 1.40 bits per heavy atom. The minimum absolute atomic E-state index is 0.